The minimum atomic E-state index is -0.618. The molecule has 13 rings (SSSR count). The van der Waals surface area contributed by atoms with Crippen LogP contribution in [0.15, 0.2) is 237 Å². The van der Waals surface area contributed by atoms with Crippen molar-refractivity contribution in [1.29, 1.82) is 0 Å². The van der Waals surface area contributed by atoms with Crippen molar-refractivity contribution in [3.8, 4) is 102 Å². The highest BCUT2D eigenvalue weighted by molar-refractivity contribution is 5.90. The van der Waals surface area contributed by atoms with Crippen molar-refractivity contribution in [2.75, 3.05) is 0 Å². The lowest BCUT2D eigenvalue weighted by Gasteiger charge is -2.39. The van der Waals surface area contributed by atoms with E-state index < -0.39 is 5.41 Å². The second-order valence-corrected chi connectivity index (χ2v) is 17.2. The van der Waals surface area contributed by atoms with Gasteiger partial charge in [0.05, 0.1) is 39.6 Å². The van der Waals surface area contributed by atoms with E-state index in [4.69, 9.17) is 19.7 Å². The number of fused-ring (bicyclic) bond motifs is 9. The minimum absolute atomic E-state index is 0.618. The van der Waals surface area contributed by atoms with Crippen molar-refractivity contribution >= 4 is 0 Å². The maximum absolute atomic E-state index is 7.19. The van der Waals surface area contributed by atoms with Gasteiger partial charge in [-0.2, -0.15) is 0 Å². The van der Waals surface area contributed by atoms with Gasteiger partial charge in [0.2, 0.25) is 0 Å². The smallest absolute Gasteiger partial charge is 0.160 e. The molecule has 1 aliphatic heterocycles. The van der Waals surface area contributed by atoms with E-state index in [9.17, 15) is 0 Å². The molecule has 0 fully saturated rings. The quantitative estimate of drug-likeness (QED) is 0.159. The predicted molar refractivity (Wildman–Crippen MR) is 271 cm³/mol. The summed E-state index contributed by atoms with van der Waals surface area (Å²) in [4.78, 5) is 24.5. The molecular weight excluding hydrogens is 831 g/mol. The number of hydrogen-bond donors (Lipinski definition) is 0. The SMILES string of the molecule is c1ccc(-c2cc(-c3ccc(-c4ccc5c(c4)Oc4cc(-c6cc(-c7ccccn7)nc(-c7ccccn7)c6)ccc4C54c5ccccc5-c5ccccc54)cc3)nc(-c3ccccc3)n2)cc1. The summed E-state index contributed by atoms with van der Waals surface area (Å²) in [5.74, 6) is 2.31. The highest BCUT2D eigenvalue weighted by Crippen LogP contribution is 2.62. The Morgan fingerprint density at radius 2 is 0.735 bits per heavy atom. The second-order valence-electron chi connectivity index (χ2n) is 17.2. The molecule has 0 unspecified atom stereocenters. The maximum atomic E-state index is 7.19. The average molecular weight is 870 g/mol. The third-order valence-electron chi connectivity index (χ3n) is 13.3. The van der Waals surface area contributed by atoms with E-state index in [0.717, 1.165) is 95.7 Å². The molecule has 6 nitrogen and oxygen atoms in total. The van der Waals surface area contributed by atoms with Crippen LogP contribution in [0.5, 0.6) is 11.5 Å². The van der Waals surface area contributed by atoms with Gasteiger partial charge in [0.1, 0.15) is 11.5 Å². The predicted octanol–water partition coefficient (Wildman–Crippen LogP) is 14.8. The van der Waals surface area contributed by atoms with Crippen LogP contribution in [-0.4, -0.2) is 24.9 Å². The molecule has 11 aromatic rings. The van der Waals surface area contributed by atoms with Gasteiger partial charge >= 0.3 is 0 Å². The zero-order valence-electron chi connectivity index (χ0n) is 36.7. The Labute approximate surface area is 394 Å². The molecule has 0 N–H and O–H groups in total. The molecule has 0 bridgehead atoms. The summed E-state index contributed by atoms with van der Waals surface area (Å²) in [6, 6.07) is 78.3. The Morgan fingerprint density at radius 3 is 1.28 bits per heavy atom. The molecule has 0 radical (unpaired) electrons. The second kappa shape index (κ2) is 16.1. The fraction of sp³-hybridized carbons (Fsp3) is 0.0161. The fourth-order valence-corrected chi connectivity index (χ4v) is 10.2. The zero-order valence-corrected chi connectivity index (χ0v) is 36.7. The van der Waals surface area contributed by atoms with Crippen LogP contribution < -0.4 is 4.74 Å². The number of benzene rings is 7. The van der Waals surface area contributed by atoms with Gasteiger partial charge in [0, 0.05) is 40.2 Å². The van der Waals surface area contributed by atoms with Crippen LogP contribution in [0.3, 0.4) is 0 Å². The molecule has 0 amide bonds. The van der Waals surface area contributed by atoms with Crippen molar-refractivity contribution in [3.05, 3.63) is 259 Å². The van der Waals surface area contributed by atoms with Crippen molar-refractivity contribution in [2.45, 2.75) is 5.41 Å². The third-order valence-corrected chi connectivity index (χ3v) is 13.3. The van der Waals surface area contributed by atoms with Crippen LogP contribution in [0.25, 0.3) is 90.1 Å². The number of pyridine rings is 3. The van der Waals surface area contributed by atoms with Crippen LogP contribution in [0.4, 0.5) is 0 Å². The van der Waals surface area contributed by atoms with Crippen molar-refractivity contribution < 1.29 is 4.74 Å². The zero-order chi connectivity index (χ0) is 45.0. The van der Waals surface area contributed by atoms with E-state index in [1.807, 2.05) is 72.8 Å². The summed E-state index contributed by atoms with van der Waals surface area (Å²) >= 11 is 0. The summed E-state index contributed by atoms with van der Waals surface area (Å²) in [6.45, 7) is 0. The molecule has 318 valence electrons. The van der Waals surface area contributed by atoms with Gasteiger partial charge in [0.15, 0.2) is 5.82 Å². The van der Waals surface area contributed by atoms with Crippen LogP contribution in [-0.2, 0) is 5.41 Å². The largest absolute Gasteiger partial charge is 0.457 e. The first kappa shape index (κ1) is 39.3. The van der Waals surface area contributed by atoms with E-state index in [-0.39, 0.29) is 0 Å². The van der Waals surface area contributed by atoms with Crippen molar-refractivity contribution in [3.63, 3.8) is 0 Å². The first-order chi connectivity index (χ1) is 33.7. The lowest BCUT2D eigenvalue weighted by molar-refractivity contribution is 0.437. The number of hydrogen-bond acceptors (Lipinski definition) is 6. The molecular formula is C62H39N5O. The average Bonchev–Trinajstić information content (AvgIpc) is 3.71. The lowest BCUT2D eigenvalue weighted by atomic mass is 9.65. The molecule has 7 aromatic carbocycles. The number of ether oxygens (including phenoxy) is 1. The van der Waals surface area contributed by atoms with Gasteiger partial charge in [-0.15, -0.1) is 0 Å². The Balaban J connectivity index is 0.942. The first-order valence-corrected chi connectivity index (χ1v) is 22.8. The van der Waals surface area contributed by atoms with E-state index in [1.165, 1.54) is 22.3 Å². The van der Waals surface area contributed by atoms with Crippen molar-refractivity contribution in [2.24, 2.45) is 0 Å². The molecule has 0 saturated carbocycles. The van der Waals surface area contributed by atoms with E-state index in [2.05, 4.69) is 162 Å². The summed E-state index contributed by atoms with van der Waals surface area (Å²) in [6.07, 6.45) is 3.60. The van der Waals surface area contributed by atoms with Crippen LogP contribution in [0.1, 0.15) is 22.3 Å². The van der Waals surface area contributed by atoms with E-state index in [1.54, 1.807) is 12.4 Å². The fourth-order valence-electron chi connectivity index (χ4n) is 10.2. The minimum Gasteiger partial charge on any atom is -0.457 e. The molecule has 0 saturated heterocycles. The van der Waals surface area contributed by atoms with Crippen LogP contribution in [0.2, 0.25) is 0 Å². The molecule has 1 spiro atoms. The van der Waals surface area contributed by atoms with Crippen molar-refractivity contribution in [1.82, 2.24) is 24.9 Å². The lowest BCUT2D eigenvalue weighted by Crippen LogP contribution is -2.32. The standard InChI is InChI=1S/C62H39N5O/c1-3-15-41(16-4-1)55-39-56(67-61(66-55)43-17-5-2-6-18-43)42-27-25-40(26-28-42)44-29-31-51-59(37-44)68-60-38-45(30-32-52(60)62(51)49-21-9-7-19-47(49)48-20-8-10-22-50(48)62)46-35-57(53-23-11-13-33-63-53)65-58(36-46)54-24-12-14-34-64-54/h1-39H. The molecule has 68 heavy (non-hydrogen) atoms. The number of nitrogens with zero attached hydrogens (tertiary/aromatic N) is 5. The van der Waals surface area contributed by atoms with Gasteiger partial charge in [-0.25, -0.2) is 15.0 Å². The van der Waals surface area contributed by atoms with Gasteiger partial charge in [-0.05, 0) is 99.1 Å². The third kappa shape index (κ3) is 6.53. The Bertz CT molecular complexity index is 3530. The molecule has 6 heteroatoms. The van der Waals surface area contributed by atoms with Gasteiger partial charge in [-0.1, -0.05) is 170 Å². The van der Waals surface area contributed by atoms with Gasteiger partial charge < -0.3 is 4.74 Å². The molecule has 5 heterocycles. The normalized spacial score (nSPS) is 12.6. The first-order valence-electron chi connectivity index (χ1n) is 22.8. The molecule has 1 aliphatic carbocycles. The molecule has 0 atom stereocenters. The van der Waals surface area contributed by atoms with E-state index in [0.29, 0.717) is 5.82 Å². The van der Waals surface area contributed by atoms with Gasteiger partial charge in [0.25, 0.3) is 0 Å². The van der Waals surface area contributed by atoms with Crippen LogP contribution >= 0.6 is 0 Å². The summed E-state index contributed by atoms with van der Waals surface area (Å²) in [5, 5.41) is 0. The Hall–Kier alpha value is -9.13. The summed E-state index contributed by atoms with van der Waals surface area (Å²) in [7, 11) is 0. The highest BCUT2D eigenvalue weighted by Gasteiger charge is 2.51. The topological polar surface area (TPSA) is 73.7 Å². The number of rotatable bonds is 7. The summed E-state index contributed by atoms with van der Waals surface area (Å²) < 4.78 is 7.19. The van der Waals surface area contributed by atoms with Crippen LogP contribution in [0, 0.1) is 0 Å². The monoisotopic (exact) mass is 869 g/mol. The van der Waals surface area contributed by atoms with E-state index >= 15 is 0 Å². The molecule has 2 aliphatic rings. The Kier molecular flexibility index (Phi) is 9.29. The maximum Gasteiger partial charge on any atom is 0.160 e. The van der Waals surface area contributed by atoms with Gasteiger partial charge in [-0.3, -0.25) is 9.97 Å². The molecule has 4 aromatic heterocycles. The summed E-state index contributed by atoms with van der Waals surface area (Å²) in [5.41, 5.74) is 18.5. The number of aromatic nitrogens is 5. The highest BCUT2D eigenvalue weighted by atomic mass is 16.5. The Morgan fingerprint density at radius 1 is 0.279 bits per heavy atom.